The van der Waals surface area contributed by atoms with Gasteiger partial charge in [-0.15, -0.1) is 16.4 Å². The largest absolute Gasteiger partial charge is 0.298 e. The molecule has 4 rings (SSSR count). The minimum atomic E-state index is -0.298. The van der Waals surface area contributed by atoms with Crippen LogP contribution in [0.3, 0.4) is 0 Å². The van der Waals surface area contributed by atoms with Crippen molar-refractivity contribution in [3.63, 3.8) is 0 Å². The molecule has 0 saturated carbocycles. The summed E-state index contributed by atoms with van der Waals surface area (Å²) < 4.78 is 0. The Bertz CT molecular complexity index is 963. The van der Waals surface area contributed by atoms with E-state index in [1.54, 1.807) is 16.3 Å². The van der Waals surface area contributed by atoms with Crippen molar-refractivity contribution in [2.45, 2.75) is 20.0 Å². The fraction of sp³-hybridized carbons (Fsp3) is 0.235. The summed E-state index contributed by atoms with van der Waals surface area (Å²) in [5.74, 6) is 0.723. The molecule has 122 valence electrons. The molecule has 1 N–H and O–H groups in total. The molecule has 2 aliphatic heterocycles. The Morgan fingerprint density at radius 3 is 2.92 bits per heavy atom. The lowest BCUT2D eigenvalue weighted by atomic mass is 10.1. The summed E-state index contributed by atoms with van der Waals surface area (Å²) in [7, 11) is 0. The standard InChI is InChI=1S/C17H16N4OS2/c1-3-23-17-19-16(22)13-11-6-4-5-7-12(11)18-15(21(13)20-17)14-10(2)8-9-24-14/h4-9,15H,3H2,1-2H3,(H,19,20,22). The quantitative estimate of drug-likeness (QED) is 0.895. The Labute approximate surface area is 147 Å². The number of para-hydroxylation sites is 1. The van der Waals surface area contributed by atoms with Crippen molar-refractivity contribution in [3.8, 4) is 0 Å². The Kier molecular flexibility index (Phi) is 3.90. The minimum absolute atomic E-state index is 0.123. The lowest BCUT2D eigenvalue weighted by Crippen LogP contribution is -2.50. The van der Waals surface area contributed by atoms with Crippen LogP contribution in [-0.2, 0) is 4.79 Å². The molecular formula is C17H16N4OS2. The van der Waals surface area contributed by atoms with Gasteiger partial charge in [0.25, 0.3) is 5.91 Å². The van der Waals surface area contributed by atoms with Crippen LogP contribution in [0.2, 0.25) is 0 Å². The van der Waals surface area contributed by atoms with Crippen molar-refractivity contribution in [3.05, 3.63) is 56.7 Å². The van der Waals surface area contributed by atoms with Crippen LogP contribution in [0.25, 0.3) is 5.70 Å². The number of amides is 1. The van der Waals surface area contributed by atoms with E-state index in [0.717, 1.165) is 21.2 Å². The first-order valence-electron chi connectivity index (χ1n) is 7.72. The fourth-order valence-corrected chi connectivity index (χ4v) is 4.38. The van der Waals surface area contributed by atoms with Gasteiger partial charge in [-0.1, -0.05) is 36.9 Å². The number of thiophene rings is 1. The second-order valence-electron chi connectivity index (χ2n) is 5.47. The van der Waals surface area contributed by atoms with Gasteiger partial charge in [-0.05, 0) is 35.8 Å². The molecule has 7 heteroatoms. The highest BCUT2D eigenvalue weighted by molar-refractivity contribution is 8.13. The summed E-state index contributed by atoms with van der Waals surface area (Å²) in [6.45, 7) is 4.10. The molecule has 3 heterocycles. The van der Waals surface area contributed by atoms with E-state index >= 15 is 0 Å². The molecule has 1 aromatic carbocycles. The SMILES string of the molecule is CCSC1=NN2C(=c3ccccc3=NC2c2sccc2C)C(=O)N1. The highest BCUT2D eigenvalue weighted by Crippen LogP contribution is 2.35. The molecule has 0 radical (unpaired) electrons. The van der Waals surface area contributed by atoms with Crippen LogP contribution in [0.5, 0.6) is 0 Å². The Morgan fingerprint density at radius 2 is 2.17 bits per heavy atom. The van der Waals surface area contributed by atoms with E-state index in [1.165, 1.54) is 17.3 Å². The average Bonchev–Trinajstić information content (AvgIpc) is 3.00. The molecule has 1 atom stereocenters. The molecule has 1 aromatic heterocycles. The van der Waals surface area contributed by atoms with Gasteiger partial charge in [0.1, 0.15) is 5.70 Å². The minimum Gasteiger partial charge on any atom is -0.298 e. The zero-order valence-electron chi connectivity index (χ0n) is 13.3. The van der Waals surface area contributed by atoms with E-state index in [2.05, 4.69) is 28.8 Å². The summed E-state index contributed by atoms with van der Waals surface area (Å²) in [5.41, 5.74) is 1.73. The van der Waals surface area contributed by atoms with E-state index in [1.807, 2.05) is 31.2 Å². The first kappa shape index (κ1) is 15.4. The number of hydrazone groups is 1. The van der Waals surface area contributed by atoms with Crippen molar-refractivity contribution in [1.82, 2.24) is 10.3 Å². The maximum Gasteiger partial charge on any atom is 0.276 e. The van der Waals surface area contributed by atoms with Gasteiger partial charge in [0.15, 0.2) is 11.3 Å². The maximum atomic E-state index is 12.8. The van der Waals surface area contributed by atoms with E-state index in [4.69, 9.17) is 4.99 Å². The number of amidine groups is 1. The molecular weight excluding hydrogens is 340 g/mol. The van der Waals surface area contributed by atoms with E-state index in [0.29, 0.717) is 10.9 Å². The number of thioether (sulfide) groups is 1. The molecule has 2 aromatic rings. The summed E-state index contributed by atoms with van der Waals surface area (Å²) in [6, 6.07) is 9.81. The predicted octanol–water partition coefficient (Wildman–Crippen LogP) is 1.95. The number of hydrogen-bond donors (Lipinski definition) is 1. The predicted molar refractivity (Wildman–Crippen MR) is 98.0 cm³/mol. The summed E-state index contributed by atoms with van der Waals surface area (Å²) in [4.78, 5) is 18.7. The molecule has 0 saturated heterocycles. The number of benzene rings is 1. The number of carbonyl (C=O) groups excluding carboxylic acids is 1. The first-order valence-corrected chi connectivity index (χ1v) is 9.58. The van der Waals surface area contributed by atoms with E-state index < -0.39 is 0 Å². The number of nitrogens with zero attached hydrogens (tertiary/aromatic N) is 3. The van der Waals surface area contributed by atoms with Crippen LogP contribution < -0.4 is 15.9 Å². The molecule has 5 nitrogen and oxygen atoms in total. The van der Waals surface area contributed by atoms with Gasteiger partial charge in [0.05, 0.1) is 10.2 Å². The first-order chi connectivity index (χ1) is 11.7. The maximum absolute atomic E-state index is 12.8. The Morgan fingerprint density at radius 1 is 1.33 bits per heavy atom. The van der Waals surface area contributed by atoms with Gasteiger partial charge in [-0.25, -0.2) is 5.01 Å². The van der Waals surface area contributed by atoms with Gasteiger partial charge < -0.3 is 0 Å². The van der Waals surface area contributed by atoms with Crippen LogP contribution in [0.15, 0.2) is 45.8 Å². The van der Waals surface area contributed by atoms with Gasteiger partial charge in [-0.2, -0.15) is 0 Å². The van der Waals surface area contributed by atoms with Gasteiger partial charge >= 0.3 is 0 Å². The van der Waals surface area contributed by atoms with Crippen LogP contribution >= 0.6 is 23.1 Å². The van der Waals surface area contributed by atoms with E-state index in [9.17, 15) is 4.79 Å². The van der Waals surface area contributed by atoms with E-state index in [-0.39, 0.29) is 12.1 Å². The highest BCUT2D eigenvalue weighted by atomic mass is 32.2. The third-order valence-electron chi connectivity index (χ3n) is 3.93. The lowest BCUT2D eigenvalue weighted by Gasteiger charge is -2.33. The van der Waals surface area contributed by atoms with Gasteiger partial charge in [-0.3, -0.25) is 15.1 Å². The number of aryl methyl sites for hydroxylation is 1. The summed E-state index contributed by atoms with van der Waals surface area (Å²) in [5, 5.41) is 13.7. The molecule has 0 bridgehead atoms. The van der Waals surface area contributed by atoms with Crippen molar-refractivity contribution in [2.24, 2.45) is 10.1 Å². The van der Waals surface area contributed by atoms with Crippen LogP contribution in [0.4, 0.5) is 0 Å². The number of fused-ring (bicyclic) bond motifs is 2. The third-order valence-corrected chi connectivity index (χ3v) is 5.74. The molecule has 0 fully saturated rings. The van der Waals surface area contributed by atoms with Gasteiger partial charge in [0, 0.05) is 5.22 Å². The lowest BCUT2D eigenvalue weighted by molar-refractivity contribution is -0.116. The molecule has 1 amide bonds. The van der Waals surface area contributed by atoms with Crippen molar-refractivity contribution < 1.29 is 4.79 Å². The summed E-state index contributed by atoms with van der Waals surface area (Å²) >= 11 is 3.17. The number of hydrogen-bond acceptors (Lipinski definition) is 6. The second kappa shape index (κ2) is 6.07. The monoisotopic (exact) mass is 356 g/mol. The fourth-order valence-electron chi connectivity index (χ4n) is 2.85. The molecule has 0 aliphatic carbocycles. The number of carbonyl (C=O) groups is 1. The van der Waals surface area contributed by atoms with Crippen LogP contribution in [0.1, 0.15) is 23.5 Å². The van der Waals surface area contributed by atoms with Crippen LogP contribution in [0, 0.1) is 6.92 Å². The third kappa shape index (κ3) is 2.44. The normalized spacial score (nSPS) is 19.2. The zero-order valence-corrected chi connectivity index (χ0v) is 14.9. The molecule has 24 heavy (non-hydrogen) atoms. The number of rotatable bonds is 2. The zero-order chi connectivity index (χ0) is 16.7. The summed E-state index contributed by atoms with van der Waals surface area (Å²) in [6.07, 6.45) is -0.298. The molecule has 0 spiro atoms. The highest BCUT2D eigenvalue weighted by Gasteiger charge is 2.35. The van der Waals surface area contributed by atoms with Gasteiger partial charge in [0.2, 0.25) is 0 Å². The van der Waals surface area contributed by atoms with Crippen molar-refractivity contribution >= 4 is 39.9 Å². The smallest absolute Gasteiger partial charge is 0.276 e. The van der Waals surface area contributed by atoms with Crippen molar-refractivity contribution in [1.29, 1.82) is 0 Å². The van der Waals surface area contributed by atoms with Crippen LogP contribution in [-0.4, -0.2) is 21.8 Å². The van der Waals surface area contributed by atoms with Crippen molar-refractivity contribution in [2.75, 3.05) is 5.75 Å². The molecule has 2 aliphatic rings. The number of nitrogens with one attached hydrogen (secondary N) is 1. The second-order valence-corrected chi connectivity index (χ2v) is 7.67. The Hall–Kier alpha value is -2.12. The Balaban J connectivity index is 1.97. The average molecular weight is 356 g/mol. The molecule has 1 unspecified atom stereocenters. The topological polar surface area (TPSA) is 57.1 Å².